The zero-order valence-electron chi connectivity index (χ0n) is 5.55. The molecule has 0 bridgehead atoms. The predicted molar refractivity (Wildman–Crippen MR) is 25.9 cm³/mol. The summed E-state index contributed by atoms with van der Waals surface area (Å²) in [4.78, 5) is 0. The molecule has 0 nitrogen and oxygen atoms in total. The Morgan fingerprint density at radius 3 is 1.45 bits per heavy atom. The number of hydrogen-bond donors (Lipinski definition) is 0. The van der Waals surface area contributed by atoms with Crippen LogP contribution in [0.5, 0.6) is 0 Å². The van der Waals surface area contributed by atoms with Crippen molar-refractivity contribution in [2.75, 3.05) is 0 Å². The lowest BCUT2D eigenvalue weighted by atomic mass is 10.1. The summed E-state index contributed by atoms with van der Waals surface area (Å²) in [5.41, 5.74) is 0. The van der Waals surface area contributed by atoms with Crippen LogP contribution in [0.25, 0.3) is 0 Å². The predicted octanol–water partition coefficient (Wildman–Crippen LogP) is 3.14. The van der Waals surface area contributed by atoms with Gasteiger partial charge in [-0.05, 0) is 0 Å². The lowest BCUT2D eigenvalue weighted by Crippen LogP contribution is -2.25. The highest BCUT2D eigenvalue weighted by atomic mass is 19.4. The zero-order chi connectivity index (χ0) is 9.28. The fraction of sp³-hybridized carbons (Fsp3) is 1.00. The van der Waals surface area contributed by atoms with Crippen molar-refractivity contribution in [3.8, 4) is 0 Å². The van der Waals surface area contributed by atoms with Crippen molar-refractivity contribution in [3.63, 3.8) is 0 Å². The number of hydrogen-bond acceptors (Lipinski definition) is 0. The van der Waals surface area contributed by atoms with Crippen LogP contribution in [-0.2, 0) is 0 Å². The molecule has 0 aliphatic rings. The van der Waals surface area contributed by atoms with Crippen LogP contribution in [0.4, 0.5) is 26.3 Å². The molecule has 0 aliphatic carbocycles. The Kier molecular flexibility index (Phi) is 2.79. The average Bonchev–Trinajstić information content (AvgIpc) is 1.56. The second kappa shape index (κ2) is 2.91. The molecule has 0 fully saturated rings. The topological polar surface area (TPSA) is 0 Å². The van der Waals surface area contributed by atoms with Crippen LogP contribution in [-0.4, -0.2) is 12.4 Å². The van der Waals surface area contributed by atoms with E-state index in [-0.39, 0.29) is 0 Å². The molecule has 0 spiro atoms. The summed E-state index contributed by atoms with van der Waals surface area (Å²) < 4.78 is 68.4. The van der Waals surface area contributed by atoms with Crippen LogP contribution in [0, 0.1) is 5.92 Å². The van der Waals surface area contributed by atoms with E-state index >= 15 is 0 Å². The van der Waals surface area contributed by atoms with Crippen molar-refractivity contribution in [1.82, 2.24) is 0 Å². The van der Waals surface area contributed by atoms with Gasteiger partial charge in [-0.3, -0.25) is 0 Å². The van der Waals surface area contributed by atoms with E-state index in [1.165, 1.54) is 0 Å². The van der Waals surface area contributed by atoms with Gasteiger partial charge in [0.15, 0.2) is 0 Å². The van der Waals surface area contributed by atoms with E-state index < -0.39 is 24.7 Å². The zero-order valence-corrected chi connectivity index (χ0v) is 5.55. The first kappa shape index (κ1) is 10.6. The van der Waals surface area contributed by atoms with Crippen molar-refractivity contribution in [1.29, 1.82) is 0 Å². The molecular weight excluding hydrogens is 174 g/mol. The minimum absolute atomic E-state index is 0.507. The molecule has 0 N–H and O–H groups in total. The van der Waals surface area contributed by atoms with Gasteiger partial charge in [-0.2, -0.15) is 26.3 Å². The van der Waals surface area contributed by atoms with Crippen LogP contribution >= 0.6 is 0 Å². The van der Waals surface area contributed by atoms with E-state index in [9.17, 15) is 26.3 Å². The molecule has 0 aromatic carbocycles. The maximum atomic E-state index is 11.5. The minimum atomic E-state index is -4.75. The molecule has 0 saturated heterocycles. The van der Waals surface area contributed by atoms with Crippen molar-refractivity contribution < 1.29 is 26.3 Å². The summed E-state index contributed by atoms with van der Waals surface area (Å²) in [7, 11) is 0. The Balaban J connectivity index is 3.99. The van der Waals surface area contributed by atoms with E-state index in [0.717, 1.165) is 0 Å². The van der Waals surface area contributed by atoms with Crippen LogP contribution in [0.15, 0.2) is 0 Å². The highest BCUT2D eigenvalue weighted by molar-refractivity contribution is 4.66. The van der Waals surface area contributed by atoms with Gasteiger partial charge in [-0.1, -0.05) is 6.92 Å². The first-order valence-corrected chi connectivity index (χ1v) is 2.76. The number of rotatable bonds is 1. The van der Waals surface area contributed by atoms with Crippen LogP contribution in [0.1, 0.15) is 13.3 Å². The molecule has 0 aliphatic heterocycles. The molecule has 0 saturated carbocycles. The van der Waals surface area contributed by atoms with E-state index in [1.807, 2.05) is 0 Å². The third kappa shape index (κ3) is 4.92. The van der Waals surface area contributed by atoms with Crippen molar-refractivity contribution >= 4 is 0 Å². The van der Waals surface area contributed by atoms with Crippen LogP contribution < -0.4 is 0 Å². The summed E-state index contributed by atoms with van der Waals surface area (Å²) in [6.07, 6.45) is -11.3. The lowest BCUT2D eigenvalue weighted by Gasteiger charge is -2.16. The molecule has 0 radical (unpaired) electrons. The van der Waals surface area contributed by atoms with Gasteiger partial charge in [-0.15, -0.1) is 0 Å². The standard InChI is InChI=1S/C5H6F6/c1-3(5(9,10)11)2-4(6,7)8/h3H,2H2,1H3/t3-/m0/s1. The minimum Gasteiger partial charge on any atom is -0.171 e. The summed E-state index contributed by atoms with van der Waals surface area (Å²) in [6, 6.07) is 0. The van der Waals surface area contributed by atoms with Gasteiger partial charge >= 0.3 is 12.4 Å². The van der Waals surface area contributed by atoms with Gasteiger partial charge in [-0.25, -0.2) is 0 Å². The largest absolute Gasteiger partial charge is 0.391 e. The Morgan fingerprint density at radius 1 is 1.00 bits per heavy atom. The second-order valence-corrected chi connectivity index (χ2v) is 2.26. The van der Waals surface area contributed by atoms with Crippen LogP contribution in [0.2, 0.25) is 0 Å². The molecule has 0 aromatic rings. The van der Waals surface area contributed by atoms with E-state index in [0.29, 0.717) is 6.92 Å². The normalized spacial score (nSPS) is 16.6. The molecule has 0 amide bonds. The fourth-order valence-corrected chi connectivity index (χ4v) is 0.463. The Morgan fingerprint density at radius 2 is 1.36 bits per heavy atom. The summed E-state index contributed by atoms with van der Waals surface area (Å²) in [6.45, 7) is 0.507. The highest BCUT2D eigenvalue weighted by Crippen LogP contribution is 2.34. The molecular formula is C5H6F6. The van der Waals surface area contributed by atoms with E-state index in [1.54, 1.807) is 0 Å². The molecule has 0 heterocycles. The van der Waals surface area contributed by atoms with Gasteiger partial charge in [0.25, 0.3) is 0 Å². The summed E-state index contributed by atoms with van der Waals surface area (Å²) in [5, 5.41) is 0. The smallest absolute Gasteiger partial charge is 0.171 e. The molecule has 0 unspecified atom stereocenters. The fourth-order valence-electron chi connectivity index (χ4n) is 0.463. The maximum absolute atomic E-state index is 11.5. The quantitative estimate of drug-likeness (QED) is 0.544. The number of halogens is 6. The third-order valence-electron chi connectivity index (χ3n) is 1.10. The van der Waals surface area contributed by atoms with Gasteiger partial charge in [0.2, 0.25) is 0 Å². The van der Waals surface area contributed by atoms with E-state index in [4.69, 9.17) is 0 Å². The van der Waals surface area contributed by atoms with E-state index in [2.05, 4.69) is 0 Å². The molecule has 1 atom stereocenters. The lowest BCUT2D eigenvalue weighted by molar-refractivity contribution is -0.214. The molecule has 0 rings (SSSR count). The molecule has 6 heteroatoms. The van der Waals surface area contributed by atoms with Crippen molar-refractivity contribution in [2.45, 2.75) is 25.7 Å². The summed E-state index contributed by atoms with van der Waals surface area (Å²) in [5.74, 6) is -2.32. The maximum Gasteiger partial charge on any atom is 0.391 e. The first-order chi connectivity index (χ1) is 4.63. The first-order valence-electron chi connectivity index (χ1n) is 2.76. The van der Waals surface area contributed by atoms with Crippen molar-refractivity contribution in [2.24, 2.45) is 5.92 Å². The second-order valence-electron chi connectivity index (χ2n) is 2.26. The molecule has 68 valence electrons. The Hall–Kier alpha value is -0.420. The van der Waals surface area contributed by atoms with Gasteiger partial charge in [0, 0.05) is 0 Å². The molecule has 11 heavy (non-hydrogen) atoms. The Labute approximate surface area is 59.2 Å². The summed E-state index contributed by atoms with van der Waals surface area (Å²) >= 11 is 0. The Bertz CT molecular complexity index is 120. The molecule has 0 aromatic heterocycles. The third-order valence-corrected chi connectivity index (χ3v) is 1.10. The van der Waals surface area contributed by atoms with Crippen LogP contribution in [0.3, 0.4) is 0 Å². The SMILES string of the molecule is C[C@@H](CC(F)(F)F)C(F)(F)F. The number of alkyl halides is 6. The van der Waals surface area contributed by atoms with Crippen molar-refractivity contribution in [3.05, 3.63) is 0 Å². The van der Waals surface area contributed by atoms with Gasteiger partial charge in [0.1, 0.15) is 0 Å². The van der Waals surface area contributed by atoms with Gasteiger partial charge < -0.3 is 0 Å². The highest BCUT2D eigenvalue weighted by Gasteiger charge is 2.43. The van der Waals surface area contributed by atoms with Gasteiger partial charge in [0.05, 0.1) is 12.3 Å². The average molecular weight is 180 g/mol. The monoisotopic (exact) mass is 180 g/mol.